The van der Waals surface area contributed by atoms with Gasteiger partial charge in [0.2, 0.25) is 0 Å². The van der Waals surface area contributed by atoms with Gasteiger partial charge < -0.3 is 10.1 Å². The Hall–Kier alpha value is -1.16. The van der Waals surface area contributed by atoms with Crippen LogP contribution in [0.3, 0.4) is 0 Å². The van der Waals surface area contributed by atoms with Crippen molar-refractivity contribution < 1.29 is 4.74 Å². The third-order valence-corrected chi connectivity index (χ3v) is 2.09. The van der Waals surface area contributed by atoms with Gasteiger partial charge in [-0.15, -0.1) is 0 Å². The van der Waals surface area contributed by atoms with Gasteiger partial charge in [0.05, 0.1) is 5.69 Å². The molecule has 0 unspecified atom stereocenters. The summed E-state index contributed by atoms with van der Waals surface area (Å²) in [6.07, 6.45) is 4.39. The highest BCUT2D eigenvalue weighted by Gasteiger charge is 1.98. The molecule has 0 atom stereocenters. The Morgan fingerprint density at radius 3 is 2.75 bits per heavy atom. The van der Waals surface area contributed by atoms with Crippen LogP contribution in [0.1, 0.15) is 26.0 Å². The van der Waals surface area contributed by atoms with Gasteiger partial charge in [0, 0.05) is 32.2 Å². The van der Waals surface area contributed by atoms with Crippen LogP contribution < -0.4 is 5.32 Å². The second-order valence-electron chi connectivity index (χ2n) is 4.24. The molecule has 0 saturated carbocycles. The smallest absolute Gasteiger partial charge is 0.147 e. The summed E-state index contributed by atoms with van der Waals surface area (Å²) in [4.78, 5) is 8.37. The van der Waals surface area contributed by atoms with Crippen molar-refractivity contribution in [1.29, 1.82) is 0 Å². The van der Waals surface area contributed by atoms with E-state index in [0.29, 0.717) is 5.92 Å². The number of aromatic nitrogens is 2. The quantitative estimate of drug-likeness (QED) is 0.720. The van der Waals surface area contributed by atoms with Crippen LogP contribution in [0.2, 0.25) is 0 Å². The van der Waals surface area contributed by atoms with Crippen molar-refractivity contribution in [2.24, 2.45) is 5.92 Å². The average molecular weight is 223 g/mol. The molecule has 1 aromatic rings. The zero-order chi connectivity index (χ0) is 11.8. The lowest BCUT2D eigenvalue weighted by Crippen LogP contribution is -2.10. The summed E-state index contributed by atoms with van der Waals surface area (Å²) >= 11 is 0. The lowest BCUT2D eigenvalue weighted by molar-refractivity contribution is 0.110. The second kappa shape index (κ2) is 7.17. The Kier molecular flexibility index (Phi) is 5.78. The van der Waals surface area contributed by atoms with Gasteiger partial charge in [0.1, 0.15) is 5.82 Å². The lowest BCUT2D eigenvalue weighted by atomic mass is 10.2. The van der Waals surface area contributed by atoms with Crippen molar-refractivity contribution in [2.75, 3.05) is 25.1 Å². The first-order valence-electron chi connectivity index (χ1n) is 5.79. The van der Waals surface area contributed by atoms with E-state index < -0.39 is 0 Å². The van der Waals surface area contributed by atoms with Gasteiger partial charge in [-0.2, -0.15) is 0 Å². The molecule has 0 aliphatic carbocycles. The molecule has 0 saturated heterocycles. The van der Waals surface area contributed by atoms with Gasteiger partial charge in [-0.05, 0) is 19.3 Å². The van der Waals surface area contributed by atoms with Gasteiger partial charge in [-0.1, -0.05) is 13.8 Å². The minimum absolute atomic E-state index is 0.607. The van der Waals surface area contributed by atoms with Crippen LogP contribution in [0.4, 0.5) is 5.82 Å². The Morgan fingerprint density at radius 1 is 1.31 bits per heavy atom. The van der Waals surface area contributed by atoms with Crippen LogP contribution >= 0.6 is 0 Å². The van der Waals surface area contributed by atoms with Crippen molar-refractivity contribution in [3.8, 4) is 0 Å². The Labute approximate surface area is 97.5 Å². The third-order valence-electron chi connectivity index (χ3n) is 2.09. The van der Waals surface area contributed by atoms with Crippen molar-refractivity contribution in [1.82, 2.24) is 9.97 Å². The molecule has 4 heteroatoms. The van der Waals surface area contributed by atoms with Gasteiger partial charge in [-0.3, -0.25) is 4.98 Å². The molecule has 0 bridgehead atoms. The second-order valence-corrected chi connectivity index (χ2v) is 4.24. The minimum Gasteiger partial charge on any atom is -0.381 e. The normalized spacial score (nSPS) is 10.8. The fourth-order valence-corrected chi connectivity index (χ4v) is 1.28. The summed E-state index contributed by atoms with van der Waals surface area (Å²) in [7, 11) is 0. The number of hydrogen-bond donors (Lipinski definition) is 1. The highest BCUT2D eigenvalue weighted by atomic mass is 16.5. The number of ether oxygens (including phenoxy) is 1. The molecule has 1 heterocycles. The molecule has 0 amide bonds. The zero-order valence-electron chi connectivity index (χ0n) is 10.4. The highest BCUT2D eigenvalue weighted by Crippen LogP contribution is 2.05. The number of aryl methyl sites for hydroxylation is 1. The molecule has 90 valence electrons. The highest BCUT2D eigenvalue weighted by molar-refractivity contribution is 5.37. The molecule has 16 heavy (non-hydrogen) atoms. The van der Waals surface area contributed by atoms with Gasteiger partial charge >= 0.3 is 0 Å². The van der Waals surface area contributed by atoms with Crippen molar-refractivity contribution >= 4 is 5.82 Å². The molecule has 0 aliphatic rings. The first-order valence-corrected chi connectivity index (χ1v) is 5.79. The predicted octanol–water partition coefficient (Wildman–Crippen LogP) is 2.26. The van der Waals surface area contributed by atoms with Crippen LogP contribution in [0.5, 0.6) is 0 Å². The van der Waals surface area contributed by atoms with E-state index in [4.69, 9.17) is 4.74 Å². The summed E-state index contributed by atoms with van der Waals surface area (Å²) in [6, 6.07) is 0. The summed E-state index contributed by atoms with van der Waals surface area (Å²) in [5.74, 6) is 1.47. The first kappa shape index (κ1) is 12.9. The summed E-state index contributed by atoms with van der Waals surface area (Å²) in [5.41, 5.74) is 0.936. The summed E-state index contributed by atoms with van der Waals surface area (Å²) < 4.78 is 5.49. The van der Waals surface area contributed by atoms with E-state index in [2.05, 4.69) is 29.1 Å². The maximum Gasteiger partial charge on any atom is 0.147 e. The van der Waals surface area contributed by atoms with E-state index in [1.165, 1.54) is 0 Å². The zero-order valence-corrected chi connectivity index (χ0v) is 10.4. The number of nitrogens with zero attached hydrogens (tertiary/aromatic N) is 2. The number of anilines is 1. The van der Waals surface area contributed by atoms with Crippen LogP contribution in [0.15, 0.2) is 12.4 Å². The average Bonchev–Trinajstić information content (AvgIpc) is 2.25. The molecule has 1 aromatic heterocycles. The molecular weight excluding hydrogens is 202 g/mol. The predicted molar refractivity (Wildman–Crippen MR) is 65.5 cm³/mol. The molecule has 0 aromatic carbocycles. The maximum absolute atomic E-state index is 5.49. The number of rotatable bonds is 7. The molecule has 4 nitrogen and oxygen atoms in total. The van der Waals surface area contributed by atoms with Gasteiger partial charge in [0.25, 0.3) is 0 Å². The van der Waals surface area contributed by atoms with E-state index in [1.807, 2.05) is 6.92 Å². The van der Waals surface area contributed by atoms with Gasteiger partial charge in [0.15, 0.2) is 0 Å². The molecule has 0 radical (unpaired) electrons. The lowest BCUT2D eigenvalue weighted by Gasteiger charge is -2.08. The van der Waals surface area contributed by atoms with Gasteiger partial charge in [-0.25, -0.2) is 4.98 Å². The van der Waals surface area contributed by atoms with Crippen LogP contribution in [0.25, 0.3) is 0 Å². The van der Waals surface area contributed by atoms with Crippen molar-refractivity contribution in [3.05, 3.63) is 18.1 Å². The Bertz CT molecular complexity index is 302. The maximum atomic E-state index is 5.49. The van der Waals surface area contributed by atoms with Crippen molar-refractivity contribution in [2.45, 2.75) is 27.2 Å². The minimum atomic E-state index is 0.607. The van der Waals surface area contributed by atoms with E-state index in [1.54, 1.807) is 12.4 Å². The number of hydrogen-bond acceptors (Lipinski definition) is 4. The first-order chi connectivity index (χ1) is 7.70. The molecule has 1 N–H and O–H groups in total. The van der Waals surface area contributed by atoms with Crippen LogP contribution in [-0.2, 0) is 4.74 Å². The molecular formula is C12H21N3O. The van der Waals surface area contributed by atoms with E-state index in [-0.39, 0.29) is 0 Å². The molecule has 0 fully saturated rings. The van der Waals surface area contributed by atoms with Crippen LogP contribution in [-0.4, -0.2) is 29.7 Å². The van der Waals surface area contributed by atoms with E-state index >= 15 is 0 Å². The fourth-order valence-electron chi connectivity index (χ4n) is 1.28. The monoisotopic (exact) mass is 223 g/mol. The fraction of sp³-hybridized carbons (Fsp3) is 0.667. The third kappa shape index (κ3) is 5.07. The summed E-state index contributed by atoms with van der Waals surface area (Å²) in [6.45, 7) is 8.76. The largest absolute Gasteiger partial charge is 0.381 e. The Morgan fingerprint density at radius 2 is 2.06 bits per heavy atom. The number of nitrogens with one attached hydrogen (secondary N) is 1. The Balaban J connectivity index is 2.10. The topological polar surface area (TPSA) is 47.0 Å². The van der Waals surface area contributed by atoms with E-state index in [9.17, 15) is 0 Å². The molecule has 0 aliphatic heterocycles. The molecule has 0 spiro atoms. The standard InChI is InChI=1S/C12H21N3O/c1-10(2)9-16-8-4-5-14-12-11(3)13-6-7-15-12/h6-7,10H,4-5,8-9H2,1-3H3,(H,14,15). The van der Waals surface area contributed by atoms with E-state index in [0.717, 1.165) is 37.7 Å². The van der Waals surface area contributed by atoms with Crippen LogP contribution in [0, 0.1) is 12.8 Å². The molecule has 1 rings (SSSR count). The van der Waals surface area contributed by atoms with Crippen molar-refractivity contribution in [3.63, 3.8) is 0 Å². The SMILES string of the molecule is Cc1nccnc1NCCCOCC(C)C. The summed E-state index contributed by atoms with van der Waals surface area (Å²) in [5, 5.41) is 3.25.